The van der Waals surface area contributed by atoms with Gasteiger partial charge in [-0.2, -0.15) is 0 Å². The quantitative estimate of drug-likeness (QED) is 0.578. The van der Waals surface area contributed by atoms with Crippen LogP contribution in [0.1, 0.15) is 98.8 Å². The number of aliphatic carboxylic acids is 1. The van der Waals surface area contributed by atoms with Crippen molar-refractivity contribution in [1.82, 2.24) is 0 Å². The van der Waals surface area contributed by atoms with Crippen LogP contribution in [0.2, 0.25) is 0 Å². The van der Waals surface area contributed by atoms with Gasteiger partial charge in [0.05, 0.1) is 6.10 Å². The molecule has 3 saturated carbocycles. The highest BCUT2D eigenvalue weighted by Crippen LogP contribution is 2.67. The van der Waals surface area contributed by atoms with Gasteiger partial charge in [0.2, 0.25) is 0 Å². The molecule has 9 atom stereocenters. The smallest absolute Gasteiger partial charge is 0.0623 e. The Morgan fingerprint density at radius 2 is 1.74 bits per heavy atom. The zero-order valence-electron chi connectivity index (χ0n) is 20.5. The lowest BCUT2D eigenvalue weighted by Crippen LogP contribution is -2.57. The van der Waals surface area contributed by atoms with E-state index >= 15 is 0 Å². The maximum atomic E-state index is 11.9. The normalized spacial score (nSPS) is 45.5. The highest BCUT2D eigenvalue weighted by molar-refractivity contribution is 5.69. The Balaban J connectivity index is 1.55. The lowest BCUT2D eigenvalue weighted by Gasteiger charge is -2.59. The molecule has 0 aliphatic heterocycles. The van der Waals surface area contributed by atoms with Gasteiger partial charge < -0.3 is 15.0 Å². The van der Waals surface area contributed by atoms with Crippen LogP contribution >= 0.6 is 0 Å². The molecule has 176 valence electrons. The van der Waals surface area contributed by atoms with Crippen LogP contribution in [0, 0.1) is 52.3 Å². The second-order valence-electron chi connectivity index (χ2n) is 12.6. The van der Waals surface area contributed by atoms with Gasteiger partial charge in [0.1, 0.15) is 0 Å². The summed E-state index contributed by atoms with van der Waals surface area (Å²) in [4.78, 5) is 11.9. The van der Waals surface area contributed by atoms with Gasteiger partial charge in [0.25, 0.3) is 0 Å². The molecule has 0 unspecified atom stereocenters. The van der Waals surface area contributed by atoms with E-state index in [4.69, 9.17) is 0 Å². The standard InChI is InChI=1S/C28H46O3/c1-17(2)7-6-8-18(3)20-11-12-21-19-9-10-23-25(26(30)31)24(29)14-16-28(23,5)22(19)13-15-27(20,21)4/h9,17-18,20-25,29H,6-8,10-16H2,1-5H3,(H,30,31)/p-1/t18-,20-,21+,22+,23+,24+,25+,27-,28-/m1/s1. The lowest BCUT2D eigenvalue weighted by atomic mass is 9.46. The van der Waals surface area contributed by atoms with Gasteiger partial charge >= 0.3 is 0 Å². The van der Waals surface area contributed by atoms with E-state index in [1.165, 1.54) is 44.9 Å². The molecule has 4 aliphatic rings. The van der Waals surface area contributed by atoms with E-state index in [2.05, 4.69) is 40.7 Å². The maximum absolute atomic E-state index is 11.9. The predicted molar refractivity (Wildman–Crippen MR) is 123 cm³/mol. The molecule has 0 spiro atoms. The second-order valence-corrected chi connectivity index (χ2v) is 12.6. The third-order valence-corrected chi connectivity index (χ3v) is 10.7. The van der Waals surface area contributed by atoms with Crippen LogP contribution in [0.25, 0.3) is 0 Å². The molecule has 3 heteroatoms. The second kappa shape index (κ2) is 8.50. The van der Waals surface area contributed by atoms with Crippen molar-refractivity contribution in [3.63, 3.8) is 0 Å². The Kier molecular flexibility index (Phi) is 6.40. The van der Waals surface area contributed by atoms with Crippen molar-refractivity contribution in [2.75, 3.05) is 0 Å². The number of carboxylic acid groups (broad SMARTS) is 1. The van der Waals surface area contributed by atoms with E-state index in [1.54, 1.807) is 5.57 Å². The molecule has 4 aliphatic carbocycles. The van der Waals surface area contributed by atoms with Gasteiger partial charge in [-0.1, -0.05) is 65.5 Å². The topological polar surface area (TPSA) is 60.4 Å². The summed E-state index contributed by atoms with van der Waals surface area (Å²) in [5, 5.41) is 22.3. The van der Waals surface area contributed by atoms with Crippen LogP contribution in [-0.4, -0.2) is 17.2 Å². The predicted octanol–water partition coefficient (Wildman–Crippen LogP) is 5.36. The number of allylic oxidation sites excluding steroid dienone is 2. The fraction of sp³-hybridized carbons (Fsp3) is 0.893. The fourth-order valence-electron chi connectivity index (χ4n) is 8.95. The minimum atomic E-state index is -1.04. The van der Waals surface area contributed by atoms with Crippen LogP contribution in [0.15, 0.2) is 11.6 Å². The molecule has 0 heterocycles. The van der Waals surface area contributed by atoms with Crippen LogP contribution in [0.3, 0.4) is 0 Å². The molecule has 3 nitrogen and oxygen atoms in total. The average Bonchev–Trinajstić information content (AvgIpc) is 3.05. The SMILES string of the molecule is CC(C)CCC[C@@H](C)[C@H]1CC[C@H]2C3=CC[C@H]4[C@H](C(=O)[O-])[C@@H](O)CC[C@]4(C)[C@H]3CC[C@]12C. The molecular formula is C28H45O3-. The Bertz CT molecular complexity index is 711. The van der Waals surface area contributed by atoms with Crippen molar-refractivity contribution in [3.05, 3.63) is 11.6 Å². The molecule has 4 rings (SSSR count). The number of hydrogen-bond donors (Lipinski definition) is 1. The zero-order valence-corrected chi connectivity index (χ0v) is 20.5. The number of carboxylic acids is 1. The first-order chi connectivity index (χ1) is 14.6. The van der Waals surface area contributed by atoms with Gasteiger partial charge in [0.15, 0.2) is 0 Å². The van der Waals surface area contributed by atoms with Crippen molar-refractivity contribution in [2.45, 2.75) is 105 Å². The Morgan fingerprint density at radius 3 is 2.42 bits per heavy atom. The minimum absolute atomic E-state index is 0.00362. The molecule has 0 aromatic carbocycles. The summed E-state index contributed by atoms with van der Waals surface area (Å²) in [6, 6.07) is 0. The van der Waals surface area contributed by atoms with E-state index in [-0.39, 0.29) is 11.3 Å². The summed E-state index contributed by atoms with van der Waals surface area (Å²) in [5.74, 6) is 1.86. The molecule has 0 radical (unpaired) electrons. The molecule has 0 amide bonds. The number of aliphatic hydroxyl groups excluding tert-OH is 1. The first kappa shape index (κ1) is 23.3. The summed E-state index contributed by atoms with van der Waals surface area (Å²) >= 11 is 0. The van der Waals surface area contributed by atoms with Gasteiger partial charge in [-0.3, -0.25) is 0 Å². The molecule has 0 aromatic rings. The molecule has 3 fully saturated rings. The van der Waals surface area contributed by atoms with Crippen LogP contribution in [0.5, 0.6) is 0 Å². The van der Waals surface area contributed by atoms with E-state index in [9.17, 15) is 15.0 Å². The van der Waals surface area contributed by atoms with Crippen molar-refractivity contribution in [3.8, 4) is 0 Å². The van der Waals surface area contributed by atoms with Crippen molar-refractivity contribution >= 4 is 5.97 Å². The molecule has 0 bridgehead atoms. The van der Waals surface area contributed by atoms with Gasteiger partial charge in [0, 0.05) is 11.9 Å². The highest BCUT2D eigenvalue weighted by atomic mass is 16.4. The zero-order chi connectivity index (χ0) is 22.6. The summed E-state index contributed by atoms with van der Waals surface area (Å²) in [7, 11) is 0. The van der Waals surface area contributed by atoms with Crippen molar-refractivity contribution < 1.29 is 15.0 Å². The van der Waals surface area contributed by atoms with E-state index in [1.807, 2.05) is 0 Å². The number of fused-ring (bicyclic) bond motifs is 5. The van der Waals surface area contributed by atoms with Gasteiger partial charge in [-0.25, -0.2) is 0 Å². The number of aliphatic hydroxyl groups is 1. The van der Waals surface area contributed by atoms with Crippen molar-refractivity contribution in [2.24, 2.45) is 52.3 Å². The summed E-state index contributed by atoms with van der Waals surface area (Å²) in [6.45, 7) is 12.1. The Labute approximate surface area is 190 Å². The largest absolute Gasteiger partial charge is 0.550 e. The fourth-order valence-corrected chi connectivity index (χ4v) is 8.95. The van der Waals surface area contributed by atoms with E-state index < -0.39 is 18.0 Å². The number of carbonyl (C=O) groups excluding carboxylic acids is 1. The summed E-state index contributed by atoms with van der Waals surface area (Å²) in [6.07, 6.45) is 13.2. The Hall–Kier alpha value is -0.830. The van der Waals surface area contributed by atoms with E-state index in [0.29, 0.717) is 23.7 Å². The number of carbonyl (C=O) groups is 1. The average molecular weight is 430 g/mol. The number of hydrogen-bond acceptors (Lipinski definition) is 3. The third-order valence-electron chi connectivity index (χ3n) is 10.7. The molecule has 1 N–H and O–H groups in total. The highest BCUT2D eigenvalue weighted by Gasteiger charge is 2.59. The Morgan fingerprint density at radius 1 is 1.06 bits per heavy atom. The number of rotatable bonds is 6. The molecule has 31 heavy (non-hydrogen) atoms. The minimum Gasteiger partial charge on any atom is -0.550 e. The molecule has 0 saturated heterocycles. The van der Waals surface area contributed by atoms with Crippen LogP contribution < -0.4 is 5.11 Å². The first-order valence-corrected chi connectivity index (χ1v) is 13.2. The third kappa shape index (κ3) is 3.81. The summed E-state index contributed by atoms with van der Waals surface area (Å²) < 4.78 is 0. The maximum Gasteiger partial charge on any atom is 0.0623 e. The first-order valence-electron chi connectivity index (χ1n) is 13.2. The summed E-state index contributed by atoms with van der Waals surface area (Å²) in [5.41, 5.74) is 2.07. The van der Waals surface area contributed by atoms with Gasteiger partial charge in [-0.15, -0.1) is 0 Å². The van der Waals surface area contributed by atoms with Crippen LogP contribution in [0.4, 0.5) is 0 Å². The van der Waals surface area contributed by atoms with Crippen molar-refractivity contribution in [1.29, 1.82) is 0 Å². The molecular weight excluding hydrogens is 384 g/mol. The monoisotopic (exact) mass is 429 g/mol. The van der Waals surface area contributed by atoms with Gasteiger partial charge in [-0.05, 0) is 91.3 Å². The molecule has 0 aromatic heterocycles. The lowest BCUT2D eigenvalue weighted by molar-refractivity contribution is -0.320. The van der Waals surface area contributed by atoms with Crippen LogP contribution in [-0.2, 0) is 4.79 Å². The van der Waals surface area contributed by atoms with E-state index in [0.717, 1.165) is 30.6 Å².